The molecule has 0 aliphatic carbocycles. The van der Waals surface area contributed by atoms with Crippen LogP contribution in [-0.2, 0) is 4.79 Å². The first-order chi connectivity index (χ1) is 8.10. The van der Waals surface area contributed by atoms with Gasteiger partial charge in [-0.3, -0.25) is 9.59 Å². The molecule has 5 heteroatoms. The van der Waals surface area contributed by atoms with Gasteiger partial charge in [0.05, 0.1) is 0 Å². The topological polar surface area (TPSA) is 72.0 Å². The van der Waals surface area contributed by atoms with Crippen molar-refractivity contribution in [2.24, 2.45) is 0 Å². The number of pyridine rings is 2. The van der Waals surface area contributed by atoms with Crippen LogP contribution in [0.25, 0.3) is 11.0 Å². The summed E-state index contributed by atoms with van der Waals surface area (Å²) in [5, 5.41) is 3.44. The standard InChI is InChI=1S/C12H11N3O2/c1-7-5-9(6-16)14-12-10(7)3-4-11(15-12)13-8(2)17/h3-6H,1-2H3,(H,13,14,15,17). The van der Waals surface area contributed by atoms with Gasteiger partial charge in [-0.15, -0.1) is 0 Å². The van der Waals surface area contributed by atoms with E-state index in [1.165, 1.54) is 6.92 Å². The summed E-state index contributed by atoms with van der Waals surface area (Å²) in [6, 6.07) is 5.23. The van der Waals surface area contributed by atoms with Crippen LogP contribution in [0.1, 0.15) is 23.0 Å². The Balaban J connectivity index is 2.59. The van der Waals surface area contributed by atoms with Crippen molar-refractivity contribution in [3.63, 3.8) is 0 Å². The van der Waals surface area contributed by atoms with Crippen LogP contribution in [0.4, 0.5) is 5.82 Å². The number of hydrogen-bond donors (Lipinski definition) is 1. The van der Waals surface area contributed by atoms with E-state index in [4.69, 9.17) is 0 Å². The molecule has 0 saturated heterocycles. The van der Waals surface area contributed by atoms with E-state index in [-0.39, 0.29) is 5.91 Å². The first kappa shape index (κ1) is 11.2. The number of hydrogen-bond acceptors (Lipinski definition) is 4. The fourth-order valence-corrected chi connectivity index (χ4v) is 1.61. The van der Waals surface area contributed by atoms with E-state index in [9.17, 15) is 9.59 Å². The summed E-state index contributed by atoms with van der Waals surface area (Å²) in [6.07, 6.45) is 0.680. The number of nitrogens with zero attached hydrogens (tertiary/aromatic N) is 2. The van der Waals surface area contributed by atoms with Crippen LogP contribution in [-0.4, -0.2) is 22.2 Å². The smallest absolute Gasteiger partial charge is 0.222 e. The molecule has 2 aromatic rings. The van der Waals surface area contributed by atoms with Gasteiger partial charge >= 0.3 is 0 Å². The summed E-state index contributed by atoms with van der Waals surface area (Å²) >= 11 is 0. The van der Waals surface area contributed by atoms with Crippen molar-refractivity contribution >= 4 is 29.0 Å². The minimum atomic E-state index is -0.194. The van der Waals surface area contributed by atoms with Gasteiger partial charge in [-0.1, -0.05) is 0 Å². The number of aryl methyl sites for hydroxylation is 1. The second kappa shape index (κ2) is 4.29. The molecule has 0 unspecified atom stereocenters. The Morgan fingerprint density at radius 1 is 1.35 bits per heavy atom. The zero-order valence-corrected chi connectivity index (χ0v) is 9.52. The van der Waals surface area contributed by atoms with Gasteiger partial charge < -0.3 is 5.32 Å². The lowest BCUT2D eigenvalue weighted by Gasteiger charge is -2.05. The Hall–Kier alpha value is -2.30. The van der Waals surface area contributed by atoms with Gasteiger partial charge in [0.2, 0.25) is 5.91 Å². The van der Waals surface area contributed by atoms with Crippen LogP contribution in [0.3, 0.4) is 0 Å². The maximum absolute atomic E-state index is 10.9. The van der Waals surface area contributed by atoms with E-state index in [2.05, 4.69) is 15.3 Å². The third-order valence-corrected chi connectivity index (χ3v) is 2.32. The van der Waals surface area contributed by atoms with Crippen molar-refractivity contribution in [1.29, 1.82) is 0 Å². The van der Waals surface area contributed by atoms with Gasteiger partial charge in [-0.2, -0.15) is 0 Å². The van der Waals surface area contributed by atoms with Crippen molar-refractivity contribution in [3.8, 4) is 0 Å². The number of anilines is 1. The van der Waals surface area contributed by atoms with E-state index in [1.54, 1.807) is 12.1 Å². The molecule has 1 N–H and O–H groups in total. The molecule has 17 heavy (non-hydrogen) atoms. The SMILES string of the molecule is CC(=O)Nc1ccc2c(C)cc(C=O)nc2n1. The molecular weight excluding hydrogens is 218 g/mol. The molecule has 0 bridgehead atoms. The predicted octanol–water partition coefficient (Wildman–Crippen LogP) is 1.71. The van der Waals surface area contributed by atoms with E-state index < -0.39 is 0 Å². The third-order valence-electron chi connectivity index (χ3n) is 2.32. The normalized spacial score (nSPS) is 10.2. The van der Waals surface area contributed by atoms with Crippen molar-refractivity contribution in [3.05, 3.63) is 29.5 Å². The molecule has 0 aromatic carbocycles. The molecule has 0 spiro atoms. The lowest BCUT2D eigenvalue weighted by molar-refractivity contribution is -0.114. The Labute approximate surface area is 97.9 Å². The van der Waals surface area contributed by atoms with Gasteiger partial charge in [0.1, 0.15) is 11.5 Å². The average molecular weight is 229 g/mol. The zero-order valence-electron chi connectivity index (χ0n) is 9.52. The molecule has 0 saturated carbocycles. The molecule has 0 fully saturated rings. The molecule has 0 aliphatic heterocycles. The fourth-order valence-electron chi connectivity index (χ4n) is 1.61. The molecule has 0 atom stereocenters. The molecular formula is C12H11N3O2. The minimum absolute atomic E-state index is 0.194. The molecule has 2 heterocycles. The lowest BCUT2D eigenvalue weighted by Crippen LogP contribution is -2.07. The largest absolute Gasteiger partial charge is 0.311 e. The summed E-state index contributed by atoms with van der Waals surface area (Å²) in [6.45, 7) is 3.29. The average Bonchev–Trinajstić information content (AvgIpc) is 2.27. The second-order valence-corrected chi connectivity index (χ2v) is 3.73. The van der Waals surface area contributed by atoms with Crippen LogP contribution in [0, 0.1) is 6.92 Å². The maximum atomic E-state index is 10.9. The zero-order chi connectivity index (χ0) is 12.4. The van der Waals surface area contributed by atoms with Crippen LogP contribution in [0.2, 0.25) is 0 Å². The van der Waals surface area contributed by atoms with E-state index in [0.29, 0.717) is 23.4 Å². The second-order valence-electron chi connectivity index (χ2n) is 3.73. The molecule has 0 radical (unpaired) electrons. The number of carbonyl (C=O) groups is 2. The predicted molar refractivity (Wildman–Crippen MR) is 64.0 cm³/mol. The lowest BCUT2D eigenvalue weighted by atomic mass is 10.1. The first-order valence-electron chi connectivity index (χ1n) is 5.11. The van der Waals surface area contributed by atoms with Crippen LogP contribution >= 0.6 is 0 Å². The Morgan fingerprint density at radius 2 is 2.12 bits per heavy atom. The summed E-state index contributed by atoms with van der Waals surface area (Å²) in [5.41, 5.74) is 1.72. The maximum Gasteiger partial charge on any atom is 0.222 e. The highest BCUT2D eigenvalue weighted by Gasteiger charge is 2.05. The summed E-state index contributed by atoms with van der Waals surface area (Å²) in [5.74, 6) is 0.236. The summed E-state index contributed by atoms with van der Waals surface area (Å²) in [7, 11) is 0. The van der Waals surface area contributed by atoms with E-state index in [0.717, 1.165) is 10.9 Å². The highest BCUT2D eigenvalue weighted by atomic mass is 16.1. The highest BCUT2D eigenvalue weighted by molar-refractivity contribution is 5.90. The van der Waals surface area contributed by atoms with Crippen molar-refractivity contribution in [2.75, 3.05) is 5.32 Å². The van der Waals surface area contributed by atoms with Gasteiger partial charge in [-0.05, 0) is 30.7 Å². The molecule has 2 aromatic heterocycles. The third kappa shape index (κ3) is 2.28. The van der Waals surface area contributed by atoms with Crippen molar-refractivity contribution < 1.29 is 9.59 Å². The number of aldehydes is 1. The number of fused-ring (bicyclic) bond motifs is 1. The fraction of sp³-hybridized carbons (Fsp3) is 0.167. The highest BCUT2D eigenvalue weighted by Crippen LogP contribution is 2.17. The monoisotopic (exact) mass is 229 g/mol. The molecule has 2 rings (SSSR count). The molecule has 5 nitrogen and oxygen atoms in total. The first-order valence-corrected chi connectivity index (χ1v) is 5.11. The Bertz CT molecular complexity index is 608. The molecule has 0 aliphatic rings. The van der Waals surface area contributed by atoms with Crippen LogP contribution in [0.5, 0.6) is 0 Å². The number of carbonyl (C=O) groups excluding carboxylic acids is 2. The molecule has 86 valence electrons. The van der Waals surface area contributed by atoms with Gasteiger partial charge in [-0.25, -0.2) is 9.97 Å². The van der Waals surface area contributed by atoms with E-state index in [1.807, 2.05) is 13.0 Å². The number of nitrogens with one attached hydrogen (secondary N) is 1. The van der Waals surface area contributed by atoms with Gasteiger partial charge in [0.25, 0.3) is 0 Å². The van der Waals surface area contributed by atoms with Crippen molar-refractivity contribution in [2.45, 2.75) is 13.8 Å². The van der Waals surface area contributed by atoms with E-state index >= 15 is 0 Å². The summed E-state index contributed by atoms with van der Waals surface area (Å²) in [4.78, 5) is 29.9. The Morgan fingerprint density at radius 3 is 2.76 bits per heavy atom. The molecule has 1 amide bonds. The van der Waals surface area contributed by atoms with Crippen LogP contribution < -0.4 is 5.32 Å². The quantitative estimate of drug-likeness (QED) is 0.795. The number of rotatable bonds is 2. The number of amides is 1. The van der Waals surface area contributed by atoms with Gasteiger partial charge in [0, 0.05) is 12.3 Å². The van der Waals surface area contributed by atoms with Crippen LogP contribution in [0.15, 0.2) is 18.2 Å². The van der Waals surface area contributed by atoms with Crippen molar-refractivity contribution in [1.82, 2.24) is 9.97 Å². The van der Waals surface area contributed by atoms with Gasteiger partial charge in [0.15, 0.2) is 11.9 Å². The minimum Gasteiger partial charge on any atom is -0.311 e. The summed E-state index contributed by atoms with van der Waals surface area (Å²) < 4.78 is 0. The number of aromatic nitrogens is 2. The Kier molecular flexibility index (Phi) is 2.82.